The van der Waals surface area contributed by atoms with E-state index in [0.29, 0.717) is 41.7 Å². The number of aromatic nitrogens is 1. The molecule has 0 atom stereocenters. The maximum absolute atomic E-state index is 12.5. The van der Waals surface area contributed by atoms with Crippen LogP contribution >= 0.6 is 0 Å². The van der Waals surface area contributed by atoms with E-state index in [-0.39, 0.29) is 17.7 Å². The van der Waals surface area contributed by atoms with Crippen molar-refractivity contribution < 1.29 is 23.8 Å². The van der Waals surface area contributed by atoms with Crippen molar-refractivity contribution in [2.24, 2.45) is 5.92 Å². The molecule has 1 fully saturated rings. The molecule has 9 heteroatoms. The number of rotatable bonds is 9. The fraction of sp³-hybridized carbons (Fsp3) is 0.458. The first-order valence-electron chi connectivity index (χ1n) is 11.0. The van der Waals surface area contributed by atoms with Gasteiger partial charge >= 0.3 is 0 Å². The standard InChI is InChI=1S/C24H32N4O5/c1-16-5-6-21(25-15-16)27-24(30)17-7-10-28(11-8-17)12-9-22(29)26-18-13-19(31-2)23(33-4)20(14-18)32-3/h5-6,13-15,17H,7-12H2,1-4H3,(H,26,29)(H,25,27,30). The Bertz CT molecular complexity index is 931. The molecule has 0 bridgehead atoms. The number of ether oxygens (including phenoxy) is 3. The summed E-state index contributed by atoms with van der Waals surface area (Å²) < 4.78 is 16.0. The minimum absolute atomic E-state index is 0.00569. The first kappa shape index (κ1) is 24.3. The monoisotopic (exact) mass is 456 g/mol. The predicted molar refractivity (Wildman–Crippen MR) is 126 cm³/mol. The molecule has 1 saturated heterocycles. The van der Waals surface area contributed by atoms with E-state index in [1.165, 1.54) is 21.3 Å². The summed E-state index contributed by atoms with van der Waals surface area (Å²) >= 11 is 0. The molecule has 3 rings (SSSR count). The van der Waals surface area contributed by atoms with E-state index in [1.54, 1.807) is 18.3 Å². The first-order valence-corrected chi connectivity index (χ1v) is 11.0. The van der Waals surface area contributed by atoms with Gasteiger partial charge in [-0.05, 0) is 44.5 Å². The third-order valence-electron chi connectivity index (χ3n) is 5.72. The highest BCUT2D eigenvalue weighted by molar-refractivity contribution is 5.92. The zero-order valence-corrected chi connectivity index (χ0v) is 19.6. The van der Waals surface area contributed by atoms with Gasteiger partial charge < -0.3 is 29.7 Å². The highest BCUT2D eigenvalue weighted by Gasteiger charge is 2.25. The van der Waals surface area contributed by atoms with Crippen molar-refractivity contribution in [3.63, 3.8) is 0 Å². The van der Waals surface area contributed by atoms with Crippen LogP contribution in [0.25, 0.3) is 0 Å². The van der Waals surface area contributed by atoms with E-state index >= 15 is 0 Å². The fourth-order valence-electron chi connectivity index (χ4n) is 3.83. The first-order chi connectivity index (χ1) is 15.9. The number of carbonyl (C=O) groups excluding carboxylic acids is 2. The zero-order valence-electron chi connectivity index (χ0n) is 19.6. The molecule has 0 aliphatic carbocycles. The normalized spacial score (nSPS) is 14.4. The van der Waals surface area contributed by atoms with Crippen molar-refractivity contribution in [3.05, 3.63) is 36.0 Å². The third kappa shape index (κ3) is 6.58. The van der Waals surface area contributed by atoms with Gasteiger partial charge in [-0.15, -0.1) is 0 Å². The minimum atomic E-state index is -0.102. The van der Waals surface area contributed by atoms with Crippen molar-refractivity contribution in [3.8, 4) is 17.2 Å². The summed E-state index contributed by atoms with van der Waals surface area (Å²) in [5.74, 6) is 1.87. The Balaban J connectivity index is 1.44. The number of carbonyl (C=O) groups is 2. The van der Waals surface area contributed by atoms with Crippen LogP contribution < -0.4 is 24.8 Å². The average molecular weight is 457 g/mol. The topological polar surface area (TPSA) is 102 Å². The van der Waals surface area contributed by atoms with Crippen LogP contribution in [0.1, 0.15) is 24.8 Å². The number of benzene rings is 1. The number of hydrogen-bond donors (Lipinski definition) is 2. The summed E-state index contributed by atoms with van der Waals surface area (Å²) in [7, 11) is 4.60. The second-order valence-electron chi connectivity index (χ2n) is 8.04. The lowest BCUT2D eigenvalue weighted by Crippen LogP contribution is -2.39. The molecule has 1 aromatic heterocycles. The SMILES string of the molecule is COc1cc(NC(=O)CCN2CCC(C(=O)Nc3ccc(C)cn3)CC2)cc(OC)c1OC. The van der Waals surface area contributed by atoms with Crippen LogP contribution in [0.2, 0.25) is 0 Å². The van der Waals surface area contributed by atoms with Crippen molar-refractivity contribution in [1.82, 2.24) is 9.88 Å². The van der Waals surface area contributed by atoms with Crippen molar-refractivity contribution in [2.75, 3.05) is 51.6 Å². The van der Waals surface area contributed by atoms with Gasteiger partial charge in [0.05, 0.1) is 21.3 Å². The second-order valence-corrected chi connectivity index (χ2v) is 8.04. The number of amides is 2. The molecule has 1 aliphatic rings. The molecule has 0 spiro atoms. The lowest BCUT2D eigenvalue weighted by molar-refractivity contribution is -0.121. The Labute approximate surface area is 194 Å². The van der Waals surface area contributed by atoms with Crippen LogP contribution in [0.3, 0.4) is 0 Å². The van der Waals surface area contributed by atoms with E-state index in [9.17, 15) is 9.59 Å². The van der Waals surface area contributed by atoms with E-state index in [4.69, 9.17) is 14.2 Å². The minimum Gasteiger partial charge on any atom is -0.493 e. The molecule has 2 N–H and O–H groups in total. The number of piperidine rings is 1. The Morgan fingerprint density at radius 1 is 1.03 bits per heavy atom. The quantitative estimate of drug-likeness (QED) is 0.598. The van der Waals surface area contributed by atoms with Crippen LogP contribution in [-0.4, -0.2) is 62.7 Å². The summed E-state index contributed by atoms with van der Waals surface area (Å²) in [5, 5.41) is 5.78. The predicted octanol–water partition coefficient (Wildman–Crippen LogP) is 3.10. The van der Waals surface area contributed by atoms with Crippen LogP contribution in [0.5, 0.6) is 17.2 Å². The number of likely N-dealkylation sites (tertiary alicyclic amines) is 1. The van der Waals surface area contributed by atoms with E-state index < -0.39 is 0 Å². The summed E-state index contributed by atoms with van der Waals surface area (Å²) in [6.07, 6.45) is 3.60. The highest BCUT2D eigenvalue weighted by atomic mass is 16.5. The zero-order chi connectivity index (χ0) is 23.8. The Kier molecular flexibility index (Phi) is 8.48. The van der Waals surface area contributed by atoms with Gasteiger partial charge in [0, 0.05) is 42.9 Å². The van der Waals surface area contributed by atoms with E-state index in [0.717, 1.165) is 31.5 Å². The van der Waals surface area contributed by atoms with E-state index in [1.807, 2.05) is 19.1 Å². The molecule has 178 valence electrons. The molecule has 1 aromatic carbocycles. The molecule has 9 nitrogen and oxygen atoms in total. The van der Waals surface area contributed by atoms with Crippen LogP contribution in [0, 0.1) is 12.8 Å². The molecule has 0 radical (unpaired) electrons. The number of anilines is 2. The molecule has 1 aliphatic heterocycles. The largest absolute Gasteiger partial charge is 0.493 e. The van der Waals surface area contributed by atoms with Gasteiger partial charge in [-0.3, -0.25) is 9.59 Å². The maximum atomic E-state index is 12.5. The Morgan fingerprint density at radius 2 is 1.70 bits per heavy atom. The maximum Gasteiger partial charge on any atom is 0.228 e. The van der Waals surface area contributed by atoms with Crippen molar-refractivity contribution in [1.29, 1.82) is 0 Å². The number of aryl methyl sites for hydroxylation is 1. The van der Waals surface area contributed by atoms with Crippen molar-refractivity contribution >= 4 is 23.3 Å². The number of methoxy groups -OCH3 is 3. The Hall–Kier alpha value is -3.33. The van der Waals surface area contributed by atoms with Crippen molar-refractivity contribution in [2.45, 2.75) is 26.2 Å². The smallest absolute Gasteiger partial charge is 0.228 e. The van der Waals surface area contributed by atoms with Crippen LogP contribution in [0.15, 0.2) is 30.5 Å². The van der Waals surface area contributed by atoms with E-state index in [2.05, 4.69) is 20.5 Å². The summed E-state index contributed by atoms with van der Waals surface area (Å²) in [6, 6.07) is 7.14. The van der Waals surface area contributed by atoms with Gasteiger partial charge in [0.15, 0.2) is 11.5 Å². The highest BCUT2D eigenvalue weighted by Crippen LogP contribution is 2.39. The molecule has 0 unspecified atom stereocenters. The second kappa shape index (κ2) is 11.5. The van der Waals surface area contributed by atoms with Crippen LogP contribution in [0.4, 0.5) is 11.5 Å². The third-order valence-corrected chi connectivity index (χ3v) is 5.72. The van der Waals surface area contributed by atoms with Gasteiger partial charge in [0.25, 0.3) is 0 Å². The number of nitrogens with zero attached hydrogens (tertiary/aromatic N) is 2. The van der Waals surface area contributed by atoms with Crippen LogP contribution in [-0.2, 0) is 9.59 Å². The molecule has 2 amide bonds. The lowest BCUT2D eigenvalue weighted by atomic mass is 9.96. The summed E-state index contributed by atoms with van der Waals surface area (Å²) in [4.78, 5) is 31.4. The van der Waals surface area contributed by atoms with Gasteiger partial charge in [-0.1, -0.05) is 6.07 Å². The number of nitrogens with one attached hydrogen (secondary N) is 2. The number of hydrogen-bond acceptors (Lipinski definition) is 7. The molecular formula is C24H32N4O5. The summed E-state index contributed by atoms with van der Waals surface area (Å²) in [6.45, 7) is 4.14. The molecular weight excluding hydrogens is 424 g/mol. The molecule has 2 aromatic rings. The van der Waals surface area contributed by atoms with Gasteiger partial charge in [0.1, 0.15) is 5.82 Å². The fourth-order valence-corrected chi connectivity index (χ4v) is 3.83. The summed E-state index contributed by atoms with van der Waals surface area (Å²) in [5.41, 5.74) is 1.63. The van der Waals surface area contributed by atoms with Gasteiger partial charge in [0.2, 0.25) is 17.6 Å². The van der Waals surface area contributed by atoms with Gasteiger partial charge in [-0.2, -0.15) is 0 Å². The number of pyridine rings is 1. The molecule has 2 heterocycles. The molecule has 0 saturated carbocycles. The Morgan fingerprint density at radius 3 is 2.24 bits per heavy atom. The molecule has 33 heavy (non-hydrogen) atoms. The average Bonchev–Trinajstić information content (AvgIpc) is 2.83. The lowest BCUT2D eigenvalue weighted by Gasteiger charge is -2.31. The van der Waals surface area contributed by atoms with Gasteiger partial charge in [-0.25, -0.2) is 4.98 Å².